The van der Waals surface area contributed by atoms with E-state index in [2.05, 4.69) is 30.3 Å². The first-order valence-electron chi connectivity index (χ1n) is 7.80. The first-order valence-corrected chi connectivity index (χ1v) is 8.62. The fourth-order valence-corrected chi connectivity index (χ4v) is 3.75. The maximum atomic E-state index is 10.7. The van der Waals surface area contributed by atoms with Gasteiger partial charge in [-0.05, 0) is 35.0 Å². The van der Waals surface area contributed by atoms with Crippen LogP contribution < -0.4 is 0 Å². The average Bonchev–Trinajstić information content (AvgIpc) is 3.05. The molecule has 1 saturated heterocycles. The van der Waals surface area contributed by atoms with Gasteiger partial charge in [-0.3, -0.25) is 0 Å². The van der Waals surface area contributed by atoms with Crippen molar-refractivity contribution in [1.82, 2.24) is 0 Å². The van der Waals surface area contributed by atoms with Crippen molar-refractivity contribution in [3.05, 3.63) is 60.4 Å². The molecule has 0 radical (unpaired) electrons. The van der Waals surface area contributed by atoms with E-state index in [-0.39, 0.29) is 0 Å². The lowest BCUT2D eigenvalue weighted by atomic mass is 9.92. The molecule has 3 aromatic rings. The van der Waals surface area contributed by atoms with E-state index in [1.807, 2.05) is 24.3 Å². The van der Waals surface area contributed by atoms with Crippen molar-refractivity contribution >= 4 is 22.5 Å². The van der Waals surface area contributed by atoms with Gasteiger partial charge in [-0.25, -0.2) is 0 Å². The summed E-state index contributed by atoms with van der Waals surface area (Å²) in [6.07, 6.45) is 1.17. The Hall–Kier alpha value is -1.75. The molecule has 4 heteroatoms. The number of fused-ring (bicyclic) bond motifs is 1. The van der Waals surface area contributed by atoms with Crippen LogP contribution in [0.3, 0.4) is 0 Å². The van der Waals surface area contributed by atoms with Crippen LogP contribution in [-0.4, -0.2) is 18.3 Å². The molecule has 0 unspecified atom stereocenters. The Balaban J connectivity index is 1.56. The minimum Gasteiger partial charge on any atom is -0.451 e. The summed E-state index contributed by atoms with van der Waals surface area (Å²) in [5.41, 5.74) is -0.888. The van der Waals surface area contributed by atoms with Gasteiger partial charge in [0, 0.05) is 31.0 Å². The van der Waals surface area contributed by atoms with Gasteiger partial charge >= 0.3 is 0 Å². The summed E-state index contributed by atoms with van der Waals surface area (Å²) >= 11 is 1.58. The lowest BCUT2D eigenvalue weighted by Gasteiger charge is -2.29. The molecule has 1 N–H and O–H groups in total. The molecule has 0 atom stereocenters. The van der Waals surface area contributed by atoms with E-state index in [4.69, 9.17) is 9.15 Å². The maximum Gasteiger partial charge on any atom is 0.165 e. The van der Waals surface area contributed by atoms with Crippen molar-refractivity contribution in [2.75, 3.05) is 13.2 Å². The highest BCUT2D eigenvalue weighted by atomic mass is 32.2. The number of hydrogen-bond donors (Lipinski definition) is 1. The molecule has 4 rings (SSSR count). The third-order valence-electron chi connectivity index (χ3n) is 4.30. The molecule has 0 spiro atoms. The molecule has 1 fully saturated rings. The van der Waals surface area contributed by atoms with Crippen molar-refractivity contribution < 1.29 is 14.3 Å². The summed E-state index contributed by atoms with van der Waals surface area (Å²) in [6.45, 7) is 1.15. The molecular weight excluding hydrogens is 308 g/mol. The van der Waals surface area contributed by atoms with E-state index in [0.29, 0.717) is 31.8 Å². The largest absolute Gasteiger partial charge is 0.451 e. The summed E-state index contributed by atoms with van der Waals surface area (Å²) in [6, 6.07) is 18.5. The molecule has 2 aromatic carbocycles. The zero-order valence-corrected chi connectivity index (χ0v) is 13.5. The van der Waals surface area contributed by atoms with Crippen LogP contribution in [0.2, 0.25) is 0 Å². The Labute approximate surface area is 139 Å². The van der Waals surface area contributed by atoms with Gasteiger partial charge in [-0.2, -0.15) is 0 Å². The van der Waals surface area contributed by atoms with Gasteiger partial charge in [0.15, 0.2) is 5.09 Å². The molecule has 0 bridgehead atoms. The normalized spacial score (nSPS) is 17.4. The summed E-state index contributed by atoms with van der Waals surface area (Å²) in [5, 5.41) is 13.9. The predicted octanol–water partition coefficient (Wildman–Crippen LogP) is 4.58. The van der Waals surface area contributed by atoms with Gasteiger partial charge in [0.05, 0.1) is 0 Å². The van der Waals surface area contributed by atoms with E-state index >= 15 is 0 Å². The van der Waals surface area contributed by atoms with Crippen molar-refractivity contribution in [2.24, 2.45) is 0 Å². The summed E-state index contributed by atoms with van der Waals surface area (Å²) < 4.78 is 11.2. The van der Waals surface area contributed by atoms with Gasteiger partial charge in [-0.1, -0.05) is 42.1 Å². The number of rotatable bonds is 3. The van der Waals surface area contributed by atoms with Gasteiger partial charge in [0.2, 0.25) is 0 Å². The highest BCUT2D eigenvalue weighted by Crippen LogP contribution is 2.37. The standard InChI is InChI=1S/C19H18O3S/c20-19(9-11-21-12-10-19)17-7-8-18(22-17)23-16-6-5-14-3-1-2-4-15(14)13-16/h1-8,13,20H,9-12H2. The molecule has 1 aliphatic rings. The summed E-state index contributed by atoms with van der Waals surface area (Å²) in [4.78, 5) is 1.13. The minimum absolute atomic E-state index is 0.574. The minimum atomic E-state index is -0.888. The van der Waals surface area contributed by atoms with Crippen LogP contribution in [-0.2, 0) is 10.3 Å². The highest BCUT2D eigenvalue weighted by Gasteiger charge is 2.34. The number of benzene rings is 2. The maximum absolute atomic E-state index is 10.7. The Morgan fingerprint density at radius 2 is 1.70 bits per heavy atom. The Morgan fingerprint density at radius 1 is 0.913 bits per heavy atom. The van der Waals surface area contributed by atoms with Crippen LogP contribution in [0.1, 0.15) is 18.6 Å². The Morgan fingerprint density at radius 3 is 2.52 bits per heavy atom. The van der Waals surface area contributed by atoms with Crippen molar-refractivity contribution in [1.29, 1.82) is 0 Å². The fourth-order valence-electron chi connectivity index (χ4n) is 2.93. The average molecular weight is 326 g/mol. The summed E-state index contributed by atoms with van der Waals surface area (Å²) in [5.74, 6) is 0.643. The van der Waals surface area contributed by atoms with E-state index in [9.17, 15) is 5.11 Å². The molecule has 0 amide bonds. The topological polar surface area (TPSA) is 42.6 Å². The van der Waals surface area contributed by atoms with E-state index < -0.39 is 5.60 Å². The first kappa shape index (κ1) is 14.8. The highest BCUT2D eigenvalue weighted by molar-refractivity contribution is 7.99. The first-order chi connectivity index (χ1) is 11.2. The Kier molecular flexibility index (Phi) is 3.89. The van der Waals surface area contributed by atoms with Crippen LogP contribution in [0.4, 0.5) is 0 Å². The van der Waals surface area contributed by atoms with Crippen molar-refractivity contribution in [3.63, 3.8) is 0 Å². The van der Waals surface area contributed by atoms with Crippen LogP contribution in [0.5, 0.6) is 0 Å². The molecule has 23 heavy (non-hydrogen) atoms. The number of ether oxygens (including phenoxy) is 1. The van der Waals surface area contributed by atoms with E-state index in [0.717, 1.165) is 9.99 Å². The number of aliphatic hydroxyl groups is 1. The second kappa shape index (κ2) is 6.04. The van der Waals surface area contributed by atoms with Crippen LogP contribution in [0, 0.1) is 0 Å². The van der Waals surface area contributed by atoms with Gasteiger partial charge in [0.25, 0.3) is 0 Å². The fraction of sp³-hybridized carbons (Fsp3) is 0.263. The molecule has 118 valence electrons. The Bertz CT molecular complexity index is 818. The molecule has 0 aliphatic carbocycles. The molecule has 2 heterocycles. The van der Waals surface area contributed by atoms with Crippen molar-refractivity contribution in [2.45, 2.75) is 28.4 Å². The molecule has 1 aromatic heterocycles. The van der Waals surface area contributed by atoms with Gasteiger partial charge in [-0.15, -0.1) is 0 Å². The monoisotopic (exact) mass is 326 g/mol. The molecule has 1 aliphatic heterocycles. The zero-order valence-electron chi connectivity index (χ0n) is 12.7. The van der Waals surface area contributed by atoms with Crippen molar-refractivity contribution in [3.8, 4) is 0 Å². The summed E-state index contributed by atoms with van der Waals surface area (Å²) in [7, 11) is 0. The second-order valence-corrected chi connectivity index (χ2v) is 6.95. The third kappa shape index (κ3) is 3.02. The second-order valence-electron chi connectivity index (χ2n) is 5.87. The quantitative estimate of drug-likeness (QED) is 0.765. The van der Waals surface area contributed by atoms with Crippen LogP contribution >= 0.6 is 11.8 Å². The van der Waals surface area contributed by atoms with E-state index in [1.54, 1.807) is 11.8 Å². The third-order valence-corrected chi connectivity index (χ3v) is 5.21. The zero-order chi connectivity index (χ0) is 15.7. The number of furan rings is 1. The smallest absolute Gasteiger partial charge is 0.165 e. The SMILES string of the molecule is OC1(c2ccc(Sc3ccc4ccccc4c3)o2)CCOCC1. The van der Waals surface area contributed by atoms with Crippen LogP contribution in [0.15, 0.2) is 69.0 Å². The number of hydrogen-bond acceptors (Lipinski definition) is 4. The molecule has 0 saturated carbocycles. The van der Waals surface area contributed by atoms with Gasteiger partial charge in [0.1, 0.15) is 11.4 Å². The lowest BCUT2D eigenvalue weighted by Crippen LogP contribution is -2.32. The lowest BCUT2D eigenvalue weighted by molar-refractivity contribution is -0.0814. The van der Waals surface area contributed by atoms with Crippen LogP contribution in [0.25, 0.3) is 10.8 Å². The molecular formula is C19H18O3S. The predicted molar refractivity (Wildman–Crippen MR) is 90.7 cm³/mol. The van der Waals surface area contributed by atoms with Gasteiger partial charge < -0.3 is 14.3 Å². The molecule has 3 nitrogen and oxygen atoms in total. The van der Waals surface area contributed by atoms with E-state index in [1.165, 1.54) is 10.8 Å².